The molecule has 4 aromatic rings. The Bertz CT molecular complexity index is 1480. The quantitative estimate of drug-likeness (QED) is 0.308. The molecular formula is C25H30N10O2S. The van der Waals surface area contributed by atoms with Crippen molar-refractivity contribution in [3.8, 4) is 0 Å². The zero-order valence-corrected chi connectivity index (χ0v) is 22.3. The van der Waals surface area contributed by atoms with Gasteiger partial charge >= 0.3 is 0 Å². The molecule has 1 saturated heterocycles. The summed E-state index contributed by atoms with van der Waals surface area (Å²) in [4.78, 5) is 11.5. The summed E-state index contributed by atoms with van der Waals surface area (Å²) >= 11 is 0. The van der Waals surface area contributed by atoms with Crippen LogP contribution in [-0.4, -0.2) is 65.2 Å². The molecule has 3 N–H and O–H groups in total. The van der Waals surface area contributed by atoms with Gasteiger partial charge in [-0.1, -0.05) is 22.9 Å². The van der Waals surface area contributed by atoms with Crippen molar-refractivity contribution >= 4 is 33.2 Å². The molecule has 198 valence electrons. The van der Waals surface area contributed by atoms with Crippen molar-refractivity contribution in [2.24, 2.45) is 0 Å². The fourth-order valence-corrected chi connectivity index (χ4v) is 6.51. The number of aromatic nitrogens is 6. The van der Waals surface area contributed by atoms with E-state index in [4.69, 9.17) is 0 Å². The molecule has 0 spiro atoms. The molecule has 0 unspecified atom stereocenters. The van der Waals surface area contributed by atoms with E-state index >= 15 is 0 Å². The highest BCUT2D eigenvalue weighted by Gasteiger charge is 2.29. The zero-order chi connectivity index (χ0) is 26.7. The number of sulfonamides is 1. The Morgan fingerprint density at radius 2 is 1.74 bits per heavy atom. The third kappa shape index (κ3) is 5.43. The monoisotopic (exact) mass is 534 g/mol. The molecule has 1 fully saturated rings. The smallest absolute Gasteiger partial charge is 0.265 e. The SMILES string of the molecule is Cc1cc(C)c(S(=O)(=O)N(Cc2nn[nH]n2)c2ccc(Nc3ccnc(N4CCNCC4)n3)cc2)c(C)c1. The van der Waals surface area contributed by atoms with Gasteiger partial charge in [-0.05, 0) is 62.2 Å². The minimum Gasteiger partial charge on any atom is -0.340 e. The minimum atomic E-state index is -3.94. The Morgan fingerprint density at radius 3 is 2.39 bits per heavy atom. The van der Waals surface area contributed by atoms with Crippen LogP contribution >= 0.6 is 0 Å². The maximum atomic E-state index is 14.0. The molecule has 2 aromatic carbocycles. The van der Waals surface area contributed by atoms with Crippen molar-refractivity contribution in [2.75, 3.05) is 40.7 Å². The van der Waals surface area contributed by atoms with Crippen LogP contribution in [0.5, 0.6) is 0 Å². The molecule has 13 heteroatoms. The maximum absolute atomic E-state index is 14.0. The number of aryl methyl sites for hydroxylation is 3. The summed E-state index contributed by atoms with van der Waals surface area (Å²) < 4.78 is 29.3. The van der Waals surface area contributed by atoms with Gasteiger partial charge < -0.3 is 15.5 Å². The van der Waals surface area contributed by atoms with Gasteiger partial charge in [0, 0.05) is 38.1 Å². The molecule has 0 bridgehead atoms. The summed E-state index contributed by atoms with van der Waals surface area (Å²) in [6.07, 6.45) is 1.73. The lowest BCUT2D eigenvalue weighted by Crippen LogP contribution is -2.44. The van der Waals surface area contributed by atoms with Crippen molar-refractivity contribution in [3.05, 3.63) is 71.2 Å². The number of benzene rings is 2. The molecule has 0 aliphatic carbocycles. The highest BCUT2D eigenvalue weighted by Crippen LogP contribution is 2.31. The second-order valence-electron chi connectivity index (χ2n) is 9.22. The molecule has 1 aliphatic rings. The van der Waals surface area contributed by atoms with Crippen molar-refractivity contribution in [3.63, 3.8) is 0 Å². The normalized spacial score (nSPS) is 13.9. The number of H-pyrrole nitrogens is 1. The van der Waals surface area contributed by atoms with Crippen LogP contribution in [0.15, 0.2) is 53.6 Å². The van der Waals surface area contributed by atoms with Crippen LogP contribution in [0.1, 0.15) is 22.5 Å². The molecule has 38 heavy (non-hydrogen) atoms. The molecule has 0 amide bonds. The fourth-order valence-electron chi connectivity index (χ4n) is 4.67. The third-order valence-corrected chi connectivity index (χ3v) is 8.38. The highest BCUT2D eigenvalue weighted by molar-refractivity contribution is 7.92. The molecule has 3 heterocycles. The number of nitrogens with one attached hydrogen (secondary N) is 3. The first-order valence-electron chi connectivity index (χ1n) is 12.3. The third-order valence-electron chi connectivity index (χ3n) is 6.30. The Hall–Kier alpha value is -4.10. The highest BCUT2D eigenvalue weighted by atomic mass is 32.2. The van der Waals surface area contributed by atoms with Crippen LogP contribution in [0.4, 0.5) is 23.1 Å². The fraction of sp³-hybridized carbons (Fsp3) is 0.320. The number of aromatic amines is 1. The molecule has 0 saturated carbocycles. The molecule has 1 aliphatic heterocycles. The average molecular weight is 535 g/mol. The van der Waals surface area contributed by atoms with E-state index < -0.39 is 10.0 Å². The molecule has 2 aromatic heterocycles. The number of nitrogens with zero attached hydrogens (tertiary/aromatic N) is 7. The van der Waals surface area contributed by atoms with Gasteiger partial charge in [0.2, 0.25) is 5.95 Å². The predicted octanol–water partition coefficient (Wildman–Crippen LogP) is 2.46. The Morgan fingerprint density at radius 1 is 1.03 bits per heavy atom. The van der Waals surface area contributed by atoms with Gasteiger partial charge in [0.1, 0.15) is 5.82 Å². The van der Waals surface area contributed by atoms with E-state index in [1.165, 1.54) is 4.31 Å². The van der Waals surface area contributed by atoms with E-state index in [9.17, 15) is 8.42 Å². The molecular weight excluding hydrogens is 504 g/mol. The number of piperazine rings is 1. The number of rotatable bonds is 8. The minimum absolute atomic E-state index is 0.0711. The maximum Gasteiger partial charge on any atom is 0.265 e. The van der Waals surface area contributed by atoms with Gasteiger partial charge in [-0.2, -0.15) is 10.2 Å². The van der Waals surface area contributed by atoms with E-state index in [0.29, 0.717) is 28.6 Å². The van der Waals surface area contributed by atoms with Gasteiger partial charge in [0.15, 0.2) is 5.82 Å². The lowest BCUT2D eigenvalue weighted by Gasteiger charge is -2.27. The summed E-state index contributed by atoms with van der Waals surface area (Å²) in [7, 11) is -3.94. The van der Waals surface area contributed by atoms with Crippen molar-refractivity contribution < 1.29 is 8.42 Å². The van der Waals surface area contributed by atoms with Crippen molar-refractivity contribution in [1.29, 1.82) is 0 Å². The number of hydrogen-bond acceptors (Lipinski definition) is 10. The Labute approximate surface area is 221 Å². The Kier molecular flexibility index (Phi) is 7.20. The van der Waals surface area contributed by atoms with E-state index in [1.54, 1.807) is 24.4 Å². The van der Waals surface area contributed by atoms with Gasteiger partial charge in [-0.15, -0.1) is 10.2 Å². The zero-order valence-electron chi connectivity index (χ0n) is 21.5. The summed E-state index contributed by atoms with van der Waals surface area (Å²) in [6.45, 7) is 8.99. The average Bonchev–Trinajstić information content (AvgIpc) is 3.41. The van der Waals surface area contributed by atoms with Crippen molar-refractivity contribution in [1.82, 2.24) is 35.9 Å². The van der Waals surface area contributed by atoms with Gasteiger partial charge in [-0.3, -0.25) is 4.31 Å². The van der Waals surface area contributed by atoms with Crippen LogP contribution in [-0.2, 0) is 16.6 Å². The summed E-state index contributed by atoms with van der Waals surface area (Å²) in [6, 6.07) is 12.7. The second kappa shape index (κ2) is 10.7. The predicted molar refractivity (Wildman–Crippen MR) is 145 cm³/mol. The van der Waals surface area contributed by atoms with E-state index in [2.05, 4.69) is 46.1 Å². The molecule has 12 nitrogen and oxygen atoms in total. The van der Waals surface area contributed by atoms with Gasteiger partial charge in [0.05, 0.1) is 17.1 Å². The lowest BCUT2D eigenvalue weighted by molar-refractivity contribution is 0.580. The van der Waals surface area contributed by atoms with E-state index in [-0.39, 0.29) is 17.3 Å². The summed E-state index contributed by atoms with van der Waals surface area (Å²) in [5, 5.41) is 20.5. The number of anilines is 4. The standard InChI is InChI=1S/C25H30N10O2S/c1-17-14-18(2)24(19(3)15-17)38(36,37)35(16-23-30-32-33-31-23)21-6-4-20(5-7-21)28-22-8-9-27-25(29-22)34-12-10-26-11-13-34/h4-9,14-15,26H,10-13,16H2,1-3H3,(H,27,28,29)(H,30,31,32,33). The Balaban J connectivity index is 1.43. The molecule has 0 radical (unpaired) electrons. The first-order valence-corrected chi connectivity index (χ1v) is 13.7. The largest absolute Gasteiger partial charge is 0.340 e. The van der Waals surface area contributed by atoms with Crippen molar-refractivity contribution in [2.45, 2.75) is 32.2 Å². The van der Waals surface area contributed by atoms with Gasteiger partial charge in [-0.25, -0.2) is 13.4 Å². The second-order valence-corrected chi connectivity index (χ2v) is 11.0. The topological polar surface area (TPSA) is 145 Å². The van der Waals surface area contributed by atoms with E-state index in [0.717, 1.165) is 37.4 Å². The lowest BCUT2D eigenvalue weighted by atomic mass is 10.1. The van der Waals surface area contributed by atoms with Crippen LogP contribution < -0.4 is 19.8 Å². The van der Waals surface area contributed by atoms with Crippen LogP contribution in [0.3, 0.4) is 0 Å². The summed E-state index contributed by atoms with van der Waals surface area (Å²) in [5.74, 6) is 1.59. The summed E-state index contributed by atoms with van der Waals surface area (Å²) in [5.41, 5.74) is 3.61. The van der Waals surface area contributed by atoms with E-state index in [1.807, 2.05) is 45.0 Å². The molecule has 0 atom stereocenters. The van der Waals surface area contributed by atoms with Crippen LogP contribution in [0, 0.1) is 20.8 Å². The van der Waals surface area contributed by atoms with Gasteiger partial charge in [0.25, 0.3) is 10.0 Å². The number of hydrogen-bond donors (Lipinski definition) is 3. The first-order chi connectivity index (χ1) is 18.3. The molecule has 5 rings (SSSR count). The van der Waals surface area contributed by atoms with Crippen LogP contribution in [0.25, 0.3) is 0 Å². The van der Waals surface area contributed by atoms with Crippen LogP contribution in [0.2, 0.25) is 0 Å². The number of tetrazole rings is 1. The first kappa shape index (κ1) is 25.5.